The maximum Gasteiger partial charge on any atom is 0.395 e. The quantitative estimate of drug-likeness (QED) is 0.767. The van der Waals surface area contributed by atoms with Crippen molar-refractivity contribution in [1.29, 1.82) is 0 Å². The van der Waals surface area contributed by atoms with Gasteiger partial charge < -0.3 is 5.73 Å². The highest BCUT2D eigenvalue weighted by atomic mass is 19.4. The normalized spacial score (nSPS) is 15.2. The Hall–Kier alpha value is -0.670. The molecule has 0 spiro atoms. The van der Waals surface area contributed by atoms with Gasteiger partial charge in [0.1, 0.15) is 6.42 Å². The number of alkyl halides is 9. The zero-order valence-electron chi connectivity index (χ0n) is 8.10. The number of halogens is 9. The molecule has 0 fully saturated rings. The lowest BCUT2D eigenvalue weighted by atomic mass is 9.99. The second-order valence-corrected chi connectivity index (χ2v) is 3.31. The molecule has 0 aliphatic carbocycles. The molecule has 0 atom stereocenters. The highest BCUT2D eigenvalue weighted by Gasteiger charge is 2.72. The standard InChI is InChI=1S/C7H8F9N/c8-4(9,1-2-17)7(15,16)5(10,11)3-6(12,13)14/h1-3,17H2. The van der Waals surface area contributed by atoms with Crippen molar-refractivity contribution in [2.75, 3.05) is 6.54 Å². The monoisotopic (exact) mass is 277 g/mol. The van der Waals surface area contributed by atoms with Gasteiger partial charge in [-0.15, -0.1) is 0 Å². The summed E-state index contributed by atoms with van der Waals surface area (Å²) < 4.78 is 110. The molecule has 0 aromatic rings. The molecule has 0 aliphatic rings. The average Bonchev–Trinajstić information content (AvgIpc) is 1.98. The van der Waals surface area contributed by atoms with Crippen molar-refractivity contribution in [2.45, 2.75) is 36.8 Å². The number of rotatable bonds is 5. The van der Waals surface area contributed by atoms with Crippen LogP contribution >= 0.6 is 0 Å². The zero-order valence-corrected chi connectivity index (χ0v) is 8.10. The summed E-state index contributed by atoms with van der Waals surface area (Å²) in [5, 5.41) is 0. The van der Waals surface area contributed by atoms with Crippen LogP contribution in [0.3, 0.4) is 0 Å². The fourth-order valence-electron chi connectivity index (χ4n) is 0.969. The maximum absolute atomic E-state index is 12.6. The van der Waals surface area contributed by atoms with Crippen molar-refractivity contribution in [3.63, 3.8) is 0 Å². The first-order chi connectivity index (χ1) is 7.27. The van der Waals surface area contributed by atoms with Gasteiger partial charge in [-0.1, -0.05) is 0 Å². The molecule has 1 nitrogen and oxygen atoms in total. The summed E-state index contributed by atoms with van der Waals surface area (Å²) >= 11 is 0. The Balaban J connectivity index is 5.15. The maximum atomic E-state index is 12.6. The van der Waals surface area contributed by atoms with E-state index in [0.29, 0.717) is 0 Å². The Labute approximate surface area is 89.8 Å². The predicted molar refractivity (Wildman–Crippen MR) is 39.2 cm³/mol. The van der Waals surface area contributed by atoms with Crippen LogP contribution in [-0.2, 0) is 0 Å². The van der Waals surface area contributed by atoms with E-state index >= 15 is 0 Å². The summed E-state index contributed by atoms with van der Waals surface area (Å²) in [6.07, 6.45) is -10.9. The molecular formula is C7H8F9N. The lowest BCUT2D eigenvalue weighted by molar-refractivity contribution is -0.331. The number of hydrogen-bond acceptors (Lipinski definition) is 1. The third-order valence-electron chi connectivity index (χ3n) is 1.80. The average molecular weight is 277 g/mol. The lowest BCUT2D eigenvalue weighted by Gasteiger charge is -2.33. The molecule has 0 bridgehead atoms. The molecule has 0 aliphatic heterocycles. The molecule has 0 radical (unpaired) electrons. The van der Waals surface area contributed by atoms with E-state index in [1.165, 1.54) is 0 Å². The van der Waals surface area contributed by atoms with Gasteiger partial charge >= 0.3 is 23.9 Å². The Morgan fingerprint density at radius 3 is 1.41 bits per heavy atom. The highest BCUT2D eigenvalue weighted by Crippen LogP contribution is 2.50. The van der Waals surface area contributed by atoms with Crippen LogP contribution in [0.5, 0.6) is 0 Å². The van der Waals surface area contributed by atoms with Crippen LogP contribution in [-0.4, -0.2) is 30.5 Å². The smallest absolute Gasteiger partial charge is 0.330 e. The van der Waals surface area contributed by atoms with Gasteiger partial charge in [-0.3, -0.25) is 0 Å². The summed E-state index contributed by atoms with van der Waals surface area (Å²) in [5.41, 5.74) is 4.50. The van der Waals surface area contributed by atoms with E-state index in [4.69, 9.17) is 0 Å². The van der Waals surface area contributed by atoms with E-state index in [-0.39, 0.29) is 0 Å². The fourth-order valence-corrected chi connectivity index (χ4v) is 0.969. The molecule has 0 aromatic heterocycles. The van der Waals surface area contributed by atoms with Gasteiger partial charge in [0.15, 0.2) is 0 Å². The molecule has 0 saturated carbocycles. The minimum atomic E-state index is -6.12. The minimum absolute atomic E-state index is 1.06. The molecular weight excluding hydrogens is 269 g/mol. The number of hydrogen-bond donors (Lipinski definition) is 1. The van der Waals surface area contributed by atoms with E-state index < -0.39 is 43.3 Å². The van der Waals surface area contributed by atoms with Gasteiger partial charge in [-0.2, -0.15) is 39.5 Å². The van der Waals surface area contributed by atoms with Crippen molar-refractivity contribution in [3.8, 4) is 0 Å². The number of nitrogens with two attached hydrogens (primary N) is 1. The van der Waals surface area contributed by atoms with Gasteiger partial charge in [0.25, 0.3) is 0 Å². The molecule has 0 rings (SSSR count). The summed E-state index contributed by atoms with van der Waals surface area (Å²) in [4.78, 5) is 0. The largest absolute Gasteiger partial charge is 0.395 e. The third-order valence-corrected chi connectivity index (χ3v) is 1.80. The highest BCUT2D eigenvalue weighted by molar-refractivity contribution is 4.97. The molecule has 0 saturated heterocycles. The second kappa shape index (κ2) is 4.54. The summed E-state index contributed by atoms with van der Waals surface area (Å²) in [6.45, 7) is -1.06. The van der Waals surface area contributed by atoms with E-state index in [2.05, 4.69) is 5.73 Å². The second-order valence-electron chi connectivity index (χ2n) is 3.31. The molecule has 0 aromatic carbocycles. The van der Waals surface area contributed by atoms with Crippen LogP contribution in [0, 0.1) is 0 Å². The molecule has 0 amide bonds. The van der Waals surface area contributed by atoms with Crippen LogP contribution in [0.25, 0.3) is 0 Å². The first-order valence-electron chi connectivity index (χ1n) is 4.17. The van der Waals surface area contributed by atoms with Crippen LogP contribution in [0.4, 0.5) is 39.5 Å². The summed E-state index contributed by atoms with van der Waals surface area (Å²) in [7, 11) is 0. The van der Waals surface area contributed by atoms with Crippen LogP contribution in [0.2, 0.25) is 0 Å². The van der Waals surface area contributed by atoms with Crippen molar-refractivity contribution in [2.24, 2.45) is 5.73 Å². The Morgan fingerprint density at radius 2 is 1.12 bits per heavy atom. The van der Waals surface area contributed by atoms with Crippen LogP contribution in [0.1, 0.15) is 12.8 Å². The molecule has 0 unspecified atom stereocenters. The summed E-state index contributed by atoms with van der Waals surface area (Å²) in [6, 6.07) is 0. The van der Waals surface area contributed by atoms with Crippen LogP contribution in [0.15, 0.2) is 0 Å². The van der Waals surface area contributed by atoms with E-state index in [0.717, 1.165) is 0 Å². The van der Waals surface area contributed by atoms with Crippen LogP contribution < -0.4 is 5.73 Å². The first-order valence-corrected chi connectivity index (χ1v) is 4.17. The van der Waals surface area contributed by atoms with Crippen molar-refractivity contribution in [3.05, 3.63) is 0 Å². The van der Waals surface area contributed by atoms with Crippen molar-refractivity contribution < 1.29 is 39.5 Å². The van der Waals surface area contributed by atoms with E-state index in [9.17, 15) is 39.5 Å². The third kappa shape index (κ3) is 3.65. The first kappa shape index (κ1) is 16.3. The molecule has 104 valence electrons. The predicted octanol–water partition coefficient (Wildman–Crippen LogP) is 3.19. The molecule has 0 heterocycles. The minimum Gasteiger partial charge on any atom is -0.330 e. The van der Waals surface area contributed by atoms with Crippen molar-refractivity contribution >= 4 is 0 Å². The molecule has 17 heavy (non-hydrogen) atoms. The van der Waals surface area contributed by atoms with Gasteiger partial charge in [-0.25, -0.2) is 0 Å². The van der Waals surface area contributed by atoms with Gasteiger partial charge in [0.05, 0.1) is 0 Å². The fraction of sp³-hybridized carbons (Fsp3) is 1.00. The Bertz CT molecular complexity index is 257. The molecule has 10 heteroatoms. The topological polar surface area (TPSA) is 26.0 Å². The van der Waals surface area contributed by atoms with E-state index in [1.54, 1.807) is 0 Å². The van der Waals surface area contributed by atoms with Gasteiger partial charge in [0.2, 0.25) is 0 Å². The summed E-state index contributed by atoms with van der Waals surface area (Å²) in [5.74, 6) is -17.3. The Kier molecular flexibility index (Phi) is 4.36. The zero-order chi connectivity index (χ0) is 14.1. The lowest BCUT2D eigenvalue weighted by Crippen LogP contribution is -2.56. The SMILES string of the molecule is NCCC(F)(F)C(F)(F)C(F)(F)CC(F)(F)F. The van der Waals surface area contributed by atoms with Crippen molar-refractivity contribution in [1.82, 2.24) is 0 Å². The Morgan fingerprint density at radius 1 is 0.706 bits per heavy atom. The molecule has 2 N–H and O–H groups in total. The van der Waals surface area contributed by atoms with Gasteiger partial charge in [-0.05, 0) is 6.54 Å². The van der Waals surface area contributed by atoms with E-state index in [1.807, 2.05) is 0 Å². The van der Waals surface area contributed by atoms with Gasteiger partial charge in [0, 0.05) is 6.42 Å².